The van der Waals surface area contributed by atoms with Gasteiger partial charge in [-0.05, 0) is 18.2 Å². The van der Waals surface area contributed by atoms with Gasteiger partial charge in [0.25, 0.3) is 5.26 Å². The topological polar surface area (TPSA) is 12.9 Å². The number of aromatic nitrogens is 1. The minimum atomic E-state index is -0.523. The second kappa shape index (κ2) is 2.23. The van der Waals surface area contributed by atoms with E-state index in [-0.39, 0.29) is 5.82 Å². The molecule has 0 spiro atoms. The highest BCUT2D eigenvalue weighted by atomic mass is 32.1. The molecular formula is C7H3F2NS. The van der Waals surface area contributed by atoms with Crippen molar-refractivity contribution in [3.05, 3.63) is 29.3 Å². The van der Waals surface area contributed by atoms with Crippen LogP contribution in [0.15, 0.2) is 18.2 Å². The standard InChI is InChI=1S/C7H3F2NS/c8-4-1-2-5-6(3-4)11-7(9)10-5/h1-3H. The molecule has 1 nitrogen and oxygen atoms in total. The smallest absolute Gasteiger partial charge is 0.209 e. The third-order valence-electron chi connectivity index (χ3n) is 1.32. The van der Waals surface area contributed by atoms with Crippen LogP contribution in [0, 0.1) is 11.1 Å². The van der Waals surface area contributed by atoms with Gasteiger partial charge in [-0.2, -0.15) is 4.39 Å². The van der Waals surface area contributed by atoms with E-state index in [1.54, 1.807) is 0 Å². The zero-order valence-corrected chi connectivity index (χ0v) is 6.16. The summed E-state index contributed by atoms with van der Waals surface area (Å²) in [6.45, 7) is 0. The first-order valence-corrected chi connectivity index (χ1v) is 3.79. The van der Waals surface area contributed by atoms with E-state index in [1.807, 2.05) is 0 Å². The number of hydrogen-bond donors (Lipinski definition) is 0. The molecule has 1 aromatic heterocycles. The van der Waals surface area contributed by atoms with E-state index < -0.39 is 5.26 Å². The summed E-state index contributed by atoms with van der Waals surface area (Å²) in [6, 6.07) is 4.00. The van der Waals surface area contributed by atoms with Crippen molar-refractivity contribution in [1.82, 2.24) is 4.98 Å². The van der Waals surface area contributed by atoms with E-state index in [2.05, 4.69) is 4.98 Å². The largest absolute Gasteiger partial charge is 0.270 e. The average molecular weight is 171 g/mol. The van der Waals surface area contributed by atoms with Gasteiger partial charge in [0.2, 0.25) is 0 Å². The molecule has 56 valence electrons. The Balaban J connectivity index is 2.82. The van der Waals surface area contributed by atoms with E-state index in [0.29, 0.717) is 10.2 Å². The molecule has 2 aromatic rings. The molecule has 0 aliphatic rings. The Hall–Kier alpha value is -1.03. The lowest BCUT2D eigenvalue weighted by Gasteiger charge is -1.85. The monoisotopic (exact) mass is 171 g/mol. The third kappa shape index (κ3) is 1.09. The average Bonchev–Trinajstić information content (AvgIpc) is 2.27. The Morgan fingerprint density at radius 3 is 2.91 bits per heavy atom. The van der Waals surface area contributed by atoms with Crippen LogP contribution in [0.1, 0.15) is 0 Å². The van der Waals surface area contributed by atoms with E-state index in [0.717, 1.165) is 11.3 Å². The van der Waals surface area contributed by atoms with Crippen molar-refractivity contribution in [1.29, 1.82) is 0 Å². The Morgan fingerprint density at radius 2 is 2.09 bits per heavy atom. The molecule has 0 aliphatic carbocycles. The number of thiazole rings is 1. The second-order valence-corrected chi connectivity index (χ2v) is 3.06. The summed E-state index contributed by atoms with van der Waals surface area (Å²) in [4.78, 5) is 3.54. The lowest BCUT2D eigenvalue weighted by atomic mass is 10.3. The van der Waals surface area contributed by atoms with Crippen LogP contribution in [0.25, 0.3) is 10.2 Å². The van der Waals surface area contributed by atoms with Gasteiger partial charge in [0.05, 0.1) is 10.2 Å². The number of halogens is 2. The summed E-state index contributed by atoms with van der Waals surface area (Å²) in [5, 5.41) is -0.523. The highest BCUT2D eigenvalue weighted by Crippen LogP contribution is 2.21. The van der Waals surface area contributed by atoms with E-state index in [1.165, 1.54) is 18.2 Å². The minimum Gasteiger partial charge on any atom is -0.209 e. The summed E-state index contributed by atoms with van der Waals surface area (Å²) in [5.74, 6) is -0.360. The molecule has 0 amide bonds. The summed E-state index contributed by atoms with van der Waals surface area (Å²) in [5.41, 5.74) is 0.508. The minimum absolute atomic E-state index is 0.360. The fourth-order valence-electron chi connectivity index (χ4n) is 0.870. The number of benzene rings is 1. The third-order valence-corrected chi connectivity index (χ3v) is 2.13. The fourth-order valence-corrected chi connectivity index (χ4v) is 1.59. The van der Waals surface area contributed by atoms with Gasteiger partial charge in [0.1, 0.15) is 5.82 Å². The molecule has 1 heterocycles. The van der Waals surface area contributed by atoms with Gasteiger partial charge in [-0.3, -0.25) is 0 Å². The van der Waals surface area contributed by atoms with Gasteiger partial charge in [0.15, 0.2) is 0 Å². The molecule has 0 radical (unpaired) electrons. The fraction of sp³-hybridized carbons (Fsp3) is 0. The summed E-state index contributed by atoms with van der Waals surface area (Å²) in [6.07, 6.45) is 0. The Kier molecular flexibility index (Phi) is 1.35. The zero-order valence-electron chi connectivity index (χ0n) is 5.34. The molecule has 0 aliphatic heterocycles. The number of hydrogen-bond acceptors (Lipinski definition) is 2. The molecule has 11 heavy (non-hydrogen) atoms. The number of nitrogens with zero attached hydrogens (tertiary/aromatic N) is 1. The van der Waals surface area contributed by atoms with Crippen LogP contribution in [-0.2, 0) is 0 Å². The maximum Gasteiger partial charge on any atom is 0.270 e. The van der Waals surface area contributed by atoms with Crippen molar-refractivity contribution in [2.75, 3.05) is 0 Å². The molecule has 0 bridgehead atoms. The maximum atomic E-state index is 12.5. The van der Waals surface area contributed by atoms with Gasteiger partial charge in [-0.1, -0.05) is 11.3 Å². The van der Waals surface area contributed by atoms with E-state index in [9.17, 15) is 8.78 Å². The lowest BCUT2D eigenvalue weighted by Crippen LogP contribution is -1.71. The first kappa shape index (κ1) is 6.67. The molecule has 0 saturated heterocycles. The van der Waals surface area contributed by atoms with Crippen LogP contribution in [0.5, 0.6) is 0 Å². The Labute approximate surface area is 65.3 Å². The molecule has 0 fully saturated rings. The molecule has 0 saturated carbocycles. The van der Waals surface area contributed by atoms with E-state index in [4.69, 9.17) is 0 Å². The molecule has 0 N–H and O–H groups in total. The molecule has 0 unspecified atom stereocenters. The van der Waals surface area contributed by atoms with E-state index >= 15 is 0 Å². The van der Waals surface area contributed by atoms with Gasteiger partial charge >= 0.3 is 0 Å². The van der Waals surface area contributed by atoms with Crippen molar-refractivity contribution in [2.24, 2.45) is 0 Å². The highest BCUT2D eigenvalue weighted by molar-refractivity contribution is 7.17. The highest BCUT2D eigenvalue weighted by Gasteiger charge is 2.02. The van der Waals surface area contributed by atoms with Crippen molar-refractivity contribution >= 4 is 21.6 Å². The second-order valence-electron chi connectivity index (χ2n) is 2.08. The number of rotatable bonds is 0. The van der Waals surface area contributed by atoms with Crippen LogP contribution >= 0.6 is 11.3 Å². The molecule has 0 atom stereocenters. The van der Waals surface area contributed by atoms with Crippen LogP contribution in [-0.4, -0.2) is 4.98 Å². The first-order valence-electron chi connectivity index (χ1n) is 2.97. The van der Waals surface area contributed by atoms with Crippen molar-refractivity contribution in [3.8, 4) is 0 Å². The van der Waals surface area contributed by atoms with Crippen LogP contribution < -0.4 is 0 Å². The molecular weight excluding hydrogens is 168 g/mol. The zero-order chi connectivity index (χ0) is 7.84. The first-order chi connectivity index (χ1) is 5.25. The van der Waals surface area contributed by atoms with Gasteiger partial charge in [-0.25, -0.2) is 9.37 Å². The maximum absolute atomic E-state index is 12.5. The predicted molar refractivity (Wildman–Crippen MR) is 39.5 cm³/mol. The van der Waals surface area contributed by atoms with Crippen molar-refractivity contribution < 1.29 is 8.78 Å². The Bertz CT molecular complexity index is 396. The summed E-state index contributed by atoms with van der Waals surface area (Å²) < 4.78 is 25.5. The van der Waals surface area contributed by atoms with Crippen LogP contribution in [0.4, 0.5) is 8.78 Å². The normalized spacial score (nSPS) is 10.7. The van der Waals surface area contributed by atoms with Gasteiger partial charge < -0.3 is 0 Å². The number of fused-ring (bicyclic) bond motifs is 1. The Morgan fingerprint density at radius 1 is 1.27 bits per heavy atom. The van der Waals surface area contributed by atoms with Gasteiger partial charge in [-0.15, -0.1) is 0 Å². The van der Waals surface area contributed by atoms with Crippen molar-refractivity contribution in [3.63, 3.8) is 0 Å². The molecule has 4 heteroatoms. The predicted octanol–water partition coefficient (Wildman–Crippen LogP) is 2.57. The van der Waals surface area contributed by atoms with Crippen molar-refractivity contribution in [2.45, 2.75) is 0 Å². The SMILES string of the molecule is Fc1ccc2nc(F)sc2c1. The van der Waals surface area contributed by atoms with Gasteiger partial charge in [0, 0.05) is 0 Å². The van der Waals surface area contributed by atoms with Crippen LogP contribution in [0.2, 0.25) is 0 Å². The lowest BCUT2D eigenvalue weighted by molar-refractivity contribution is 0.620. The molecule has 1 aromatic carbocycles. The molecule has 2 rings (SSSR count). The summed E-state index contributed by atoms with van der Waals surface area (Å²) in [7, 11) is 0. The summed E-state index contributed by atoms with van der Waals surface area (Å²) >= 11 is 0.849. The van der Waals surface area contributed by atoms with Crippen LogP contribution in [0.3, 0.4) is 0 Å². The quantitative estimate of drug-likeness (QED) is 0.593.